The summed E-state index contributed by atoms with van der Waals surface area (Å²) in [7, 11) is -0.453. The van der Waals surface area contributed by atoms with Crippen LogP contribution in [0.3, 0.4) is 0 Å². The molecule has 0 saturated carbocycles. The van der Waals surface area contributed by atoms with Crippen LogP contribution in [-0.4, -0.2) is 8.07 Å². The van der Waals surface area contributed by atoms with E-state index in [0.717, 1.165) is 0 Å². The third-order valence-electron chi connectivity index (χ3n) is 2.52. The molecule has 1 aliphatic rings. The quantitative estimate of drug-likeness (QED) is 0.528. The molecule has 0 N–H and O–H groups in total. The molecule has 1 heterocycles. The minimum Gasteiger partial charge on any atom is -0.0657 e. The fraction of sp³-hybridized carbons (Fsp3) is 1.00. The normalized spacial score (nSPS) is 22.0. The van der Waals surface area contributed by atoms with Gasteiger partial charge in [-0.15, -0.1) is 0 Å². The van der Waals surface area contributed by atoms with Gasteiger partial charge in [0.05, 0.1) is 8.07 Å². The number of hydrogen-bond donors (Lipinski definition) is 0. The lowest BCUT2D eigenvalue weighted by Crippen LogP contribution is -2.11. The molecule has 0 bridgehead atoms. The molecule has 9 heavy (non-hydrogen) atoms. The van der Waals surface area contributed by atoms with Crippen molar-refractivity contribution in [3.8, 4) is 0 Å². The number of hydrogen-bond acceptors (Lipinski definition) is 0. The molecule has 1 rings (SSSR count). The molecule has 0 nitrogen and oxygen atoms in total. The summed E-state index contributed by atoms with van der Waals surface area (Å²) in [5, 5.41) is 0. The van der Waals surface area contributed by atoms with Crippen LogP contribution >= 0.6 is 0 Å². The maximum absolute atomic E-state index is 2.34. The highest BCUT2D eigenvalue weighted by Gasteiger charge is 2.42. The Morgan fingerprint density at radius 2 is 1.44 bits per heavy atom. The van der Waals surface area contributed by atoms with Crippen molar-refractivity contribution in [1.29, 1.82) is 0 Å². The van der Waals surface area contributed by atoms with Crippen LogP contribution in [0.5, 0.6) is 0 Å². The van der Waals surface area contributed by atoms with Gasteiger partial charge in [-0.25, -0.2) is 0 Å². The Morgan fingerprint density at radius 1 is 1.00 bits per heavy atom. The van der Waals surface area contributed by atoms with E-state index in [0.29, 0.717) is 0 Å². The predicted molar refractivity (Wildman–Crippen MR) is 45.6 cm³/mol. The summed E-state index contributed by atoms with van der Waals surface area (Å²) >= 11 is 0. The van der Waals surface area contributed by atoms with Crippen molar-refractivity contribution in [3.05, 3.63) is 0 Å². The van der Waals surface area contributed by atoms with Gasteiger partial charge in [0, 0.05) is 0 Å². The second kappa shape index (κ2) is 2.87. The van der Waals surface area contributed by atoms with E-state index in [2.05, 4.69) is 13.8 Å². The first kappa shape index (κ1) is 7.33. The topological polar surface area (TPSA) is 0 Å². The van der Waals surface area contributed by atoms with Crippen LogP contribution in [-0.2, 0) is 0 Å². The summed E-state index contributed by atoms with van der Waals surface area (Å²) in [4.78, 5) is 0. The van der Waals surface area contributed by atoms with Crippen LogP contribution in [0.1, 0.15) is 26.7 Å². The number of rotatable bonds is 4. The molecule has 1 saturated heterocycles. The Balaban J connectivity index is 2.17. The second-order valence-corrected chi connectivity index (χ2v) is 8.50. The van der Waals surface area contributed by atoms with Gasteiger partial charge in [0.25, 0.3) is 0 Å². The molecule has 1 fully saturated rings. The summed E-state index contributed by atoms with van der Waals surface area (Å²) in [6.07, 6.45) is 2.90. The van der Waals surface area contributed by atoms with Gasteiger partial charge in [0.15, 0.2) is 0 Å². The van der Waals surface area contributed by atoms with E-state index in [4.69, 9.17) is 0 Å². The predicted octanol–water partition coefficient (Wildman–Crippen LogP) is 3.27. The second-order valence-electron chi connectivity index (χ2n) is 3.50. The van der Waals surface area contributed by atoms with Crippen LogP contribution in [0.25, 0.3) is 0 Å². The molecule has 54 valence electrons. The van der Waals surface area contributed by atoms with Crippen LogP contribution in [0.2, 0.25) is 24.2 Å². The standard InChI is InChI=1S/C8H18Si/c1-3-5-9(6-4-2)7-8-9/h3-8H2,1-2H3. The molecule has 0 unspecified atom stereocenters. The largest absolute Gasteiger partial charge is 0.0657 e. The molecular weight excluding hydrogens is 124 g/mol. The molecule has 1 heteroatoms. The van der Waals surface area contributed by atoms with E-state index >= 15 is 0 Å². The van der Waals surface area contributed by atoms with Gasteiger partial charge in [-0.05, 0) is 0 Å². The molecule has 0 atom stereocenters. The Labute approximate surface area is 59.7 Å². The van der Waals surface area contributed by atoms with E-state index in [-0.39, 0.29) is 0 Å². The summed E-state index contributed by atoms with van der Waals surface area (Å²) in [5.74, 6) is 0. The Morgan fingerprint density at radius 3 is 1.67 bits per heavy atom. The fourth-order valence-electron chi connectivity index (χ4n) is 1.86. The van der Waals surface area contributed by atoms with Crippen molar-refractivity contribution in [3.63, 3.8) is 0 Å². The molecule has 0 aliphatic carbocycles. The van der Waals surface area contributed by atoms with Gasteiger partial charge in [-0.3, -0.25) is 0 Å². The minimum atomic E-state index is -0.453. The van der Waals surface area contributed by atoms with Gasteiger partial charge < -0.3 is 0 Å². The zero-order chi connectivity index (χ0) is 6.74. The first-order valence-electron chi connectivity index (χ1n) is 4.33. The molecule has 0 amide bonds. The molecule has 0 aromatic carbocycles. The summed E-state index contributed by atoms with van der Waals surface area (Å²) in [6.45, 7) is 4.67. The maximum atomic E-state index is 2.34. The van der Waals surface area contributed by atoms with Crippen molar-refractivity contribution < 1.29 is 0 Å². The van der Waals surface area contributed by atoms with E-state index in [1.807, 2.05) is 0 Å². The van der Waals surface area contributed by atoms with Gasteiger partial charge in [-0.1, -0.05) is 50.9 Å². The first-order chi connectivity index (χ1) is 4.33. The minimum absolute atomic E-state index is 0.453. The average Bonchev–Trinajstić information content (AvgIpc) is 2.51. The highest BCUT2D eigenvalue weighted by atomic mass is 28.3. The van der Waals surface area contributed by atoms with E-state index in [1.54, 1.807) is 24.2 Å². The molecule has 0 radical (unpaired) electrons. The molecule has 0 aromatic heterocycles. The van der Waals surface area contributed by atoms with Crippen LogP contribution in [0.15, 0.2) is 0 Å². The van der Waals surface area contributed by atoms with Crippen molar-refractivity contribution >= 4 is 8.07 Å². The van der Waals surface area contributed by atoms with Crippen molar-refractivity contribution in [2.45, 2.75) is 50.9 Å². The average molecular weight is 142 g/mol. The third-order valence-corrected chi connectivity index (χ3v) is 7.55. The van der Waals surface area contributed by atoms with Gasteiger partial charge in [0.2, 0.25) is 0 Å². The molecule has 0 aromatic rings. The van der Waals surface area contributed by atoms with Crippen LogP contribution in [0.4, 0.5) is 0 Å². The smallest absolute Gasteiger partial charge is 0.0530 e. The van der Waals surface area contributed by atoms with E-state index < -0.39 is 8.07 Å². The van der Waals surface area contributed by atoms with E-state index in [9.17, 15) is 0 Å². The van der Waals surface area contributed by atoms with Crippen LogP contribution < -0.4 is 0 Å². The summed E-state index contributed by atoms with van der Waals surface area (Å²) in [5.41, 5.74) is 0. The van der Waals surface area contributed by atoms with Gasteiger partial charge in [-0.2, -0.15) is 0 Å². The van der Waals surface area contributed by atoms with Crippen molar-refractivity contribution in [1.82, 2.24) is 0 Å². The SMILES string of the molecule is CCC[Si]1(CCC)CC1. The zero-order valence-electron chi connectivity index (χ0n) is 6.74. The first-order valence-corrected chi connectivity index (χ1v) is 7.16. The van der Waals surface area contributed by atoms with E-state index in [1.165, 1.54) is 12.8 Å². The maximum Gasteiger partial charge on any atom is 0.0530 e. The lowest BCUT2D eigenvalue weighted by atomic mass is 10.6. The lowest BCUT2D eigenvalue weighted by molar-refractivity contribution is 1.00. The van der Waals surface area contributed by atoms with Crippen molar-refractivity contribution in [2.75, 3.05) is 0 Å². The molecule has 0 spiro atoms. The monoisotopic (exact) mass is 142 g/mol. The van der Waals surface area contributed by atoms with Gasteiger partial charge >= 0.3 is 0 Å². The lowest BCUT2D eigenvalue weighted by Gasteiger charge is -2.08. The molecular formula is C8H18Si. The van der Waals surface area contributed by atoms with Crippen molar-refractivity contribution in [2.24, 2.45) is 0 Å². The highest BCUT2D eigenvalue weighted by molar-refractivity contribution is 6.89. The Bertz CT molecular complexity index is 76.6. The Kier molecular flexibility index (Phi) is 2.33. The molecule has 1 aliphatic heterocycles. The van der Waals surface area contributed by atoms with Crippen LogP contribution in [0, 0.1) is 0 Å². The highest BCUT2D eigenvalue weighted by Crippen LogP contribution is 2.44. The van der Waals surface area contributed by atoms with Gasteiger partial charge in [0.1, 0.15) is 0 Å². The fourth-order valence-corrected chi connectivity index (χ4v) is 6.65. The summed E-state index contributed by atoms with van der Waals surface area (Å²) in [6, 6.07) is 6.57. The summed E-state index contributed by atoms with van der Waals surface area (Å²) < 4.78 is 0. The zero-order valence-corrected chi connectivity index (χ0v) is 7.74. The Hall–Kier alpha value is 0.217. The third kappa shape index (κ3) is 1.82.